The standard InChI is InChI=1S/C27H25ClN4O2/c1-17(2)25(31-27(33)20-9-7-18(15-29)8-10-20)26-30-23-12-11-22(34-3)14-24(23)32(26)16-19-5-4-6-21(28)13-19/h4-14,17,25H,16H2,1-3H3,(H,31,33). The third kappa shape index (κ3) is 4.90. The number of rotatable bonds is 7. The van der Waals surface area contributed by atoms with Crippen LogP contribution in [0.3, 0.4) is 0 Å². The third-order valence-electron chi connectivity index (χ3n) is 5.72. The van der Waals surface area contributed by atoms with Crippen molar-refractivity contribution in [1.82, 2.24) is 14.9 Å². The Bertz CT molecular complexity index is 1370. The van der Waals surface area contributed by atoms with Gasteiger partial charge in [0.25, 0.3) is 5.91 Å². The molecule has 6 nitrogen and oxygen atoms in total. The van der Waals surface area contributed by atoms with Gasteiger partial charge >= 0.3 is 0 Å². The van der Waals surface area contributed by atoms with Gasteiger partial charge in [-0.25, -0.2) is 4.98 Å². The largest absolute Gasteiger partial charge is 0.497 e. The molecule has 4 rings (SSSR count). The molecular weight excluding hydrogens is 448 g/mol. The summed E-state index contributed by atoms with van der Waals surface area (Å²) in [6.07, 6.45) is 0. The number of hydrogen-bond donors (Lipinski definition) is 1. The minimum absolute atomic E-state index is 0.0687. The van der Waals surface area contributed by atoms with E-state index in [0.29, 0.717) is 22.7 Å². The number of hydrogen-bond acceptors (Lipinski definition) is 4. The van der Waals surface area contributed by atoms with E-state index in [0.717, 1.165) is 28.2 Å². The number of methoxy groups -OCH3 is 1. The van der Waals surface area contributed by atoms with Crippen molar-refractivity contribution in [2.75, 3.05) is 7.11 Å². The second kappa shape index (κ2) is 9.98. The lowest BCUT2D eigenvalue weighted by atomic mass is 10.0. The monoisotopic (exact) mass is 472 g/mol. The average Bonchev–Trinajstić information content (AvgIpc) is 3.19. The number of aromatic nitrogens is 2. The molecule has 1 N–H and O–H groups in total. The average molecular weight is 473 g/mol. The maximum absolute atomic E-state index is 13.1. The second-order valence-corrected chi connectivity index (χ2v) is 8.86. The molecule has 7 heteroatoms. The van der Waals surface area contributed by atoms with Crippen LogP contribution in [0.25, 0.3) is 11.0 Å². The number of benzene rings is 3. The van der Waals surface area contributed by atoms with Crippen LogP contribution in [0.15, 0.2) is 66.7 Å². The van der Waals surface area contributed by atoms with E-state index < -0.39 is 0 Å². The zero-order valence-corrected chi connectivity index (χ0v) is 20.0. The van der Waals surface area contributed by atoms with Gasteiger partial charge in [-0.15, -0.1) is 0 Å². The summed E-state index contributed by atoms with van der Waals surface area (Å²) in [5.41, 5.74) is 3.75. The van der Waals surface area contributed by atoms with Crippen molar-refractivity contribution in [3.05, 3.63) is 94.3 Å². The van der Waals surface area contributed by atoms with Gasteiger partial charge in [0.1, 0.15) is 11.6 Å². The smallest absolute Gasteiger partial charge is 0.251 e. The minimum atomic E-state index is -0.347. The molecule has 0 spiro atoms. The van der Waals surface area contributed by atoms with Crippen molar-refractivity contribution in [3.8, 4) is 11.8 Å². The Morgan fingerprint density at radius 3 is 2.56 bits per heavy atom. The fourth-order valence-electron chi connectivity index (χ4n) is 3.92. The van der Waals surface area contributed by atoms with E-state index in [-0.39, 0.29) is 17.9 Å². The zero-order valence-electron chi connectivity index (χ0n) is 19.2. The molecule has 0 aliphatic carbocycles. The number of carbonyl (C=O) groups excluding carboxylic acids is 1. The first kappa shape index (κ1) is 23.3. The molecule has 3 aromatic carbocycles. The molecule has 1 aromatic heterocycles. The number of fused-ring (bicyclic) bond motifs is 1. The number of carbonyl (C=O) groups is 1. The number of halogens is 1. The molecule has 1 unspecified atom stereocenters. The highest BCUT2D eigenvalue weighted by molar-refractivity contribution is 6.30. The quantitative estimate of drug-likeness (QED) is 0.371. The molecule has 1 amide bonds. The summed E-state index contributed by atoms with van der Waals surface area (Å²) in [5, 5.41) is 12.8. The molecular formula is C27H25ClN4O2. The number of nitrogens with one attached hydrogen (secondary N) is 1. The fourth-order valence-corrected chi connectivity index (χ4v) is 4.13. The molecule has 0 bridgehead atoms. The molecule has 1 heterocycles. The Morgan fingerprint density at radius 1 is 1.15 bits per heavy atom. The predicted molar refractivity (Wildman–Crippen MR) is 133 cm³/mol. The lowest BCUT2D eigenvalue weighted by molar-refractivity contribution is 0.0922. The van der Waals surface area contributed by atoms with Gasteiger partial charge in [0.05, 0.1) is 35.8 Å². The van der Waals surface area contributed by atoms with E-state index in [9.17, 15) is 4.79 Å². The van der Waals surface area contributed by atoms with Gasteiger partial charge in [-0.3, -0.25) is 4.79 Å². The summed E-state index contributed by atoms with van der Waals surface area (Å²) in [6.45, 7) is 4.64. The Hall–Kier alpha value is -3.82. The molecule has 0 fully saturated rings. The van der Waals surface area contributed by atoms with E-state index >= 15 is 0 Å². The molecule has 0 radical (unpaired) electrons. The molecule has 172 valence electrons. The second-order valence-electron chi connectivity index (χ2n) is 8.43. The zero-order chi connectivity index (χ0) is 24.2. The Kier molecular flexibility index (Phi) is 6.85. The van der Waals surface area contributed by atoms with Crippen LogP contribution in [-0.4, -0.2) is 22.6 Å². The summed E-state index contributed by atoms with van der Waals surface area (Å²) in [6, 6.07) is 21.8. The fraction of sp³-hybridized carbons (Fsp3) is 0.222. The number of imidazole rings is 1. The van der Waals surface area contributed by atoms with E-state index in [4.69, 9.17) is 26.6 Å². The van der Waals surface area contributed by atoms with E-state index in [2.05, 4.69) is 16.0 Å². The minimum Gasteiger partial charge on any atom is -0.497 e. The first-order chi connectivity index (χ1) is 16.4. The number of nitrogens with zero attached hydrogens (tertiary/aromatic N) is 3. The lowest BCUT2D eigenvalue weighted by Gasteiger charge is -2.23. The summed E-state index contributed by atoms with van der Waals surface area (Å²) in [5.74, 6) is 1.33. The lowest BCUT2D eigenvalue weighted by Crippen LogP contribution is -2.33. The van der Waals surface area contributed by atoms with Crippen molar-refractivity contribution >= 4 is 28.5 Å². The van der Waals surface area contributed by atoms with E-state index in [1.807, 2.05) is 56.3 Å². The SMILES string of the molecule is COc1ccc2nc(C(NC(=O)c3ccc(C#N)cc3)C(C)C)n(Cc3cccc(Cl)c3)c2c1. The number of nitriles is 1. The predicted octanol–water partition coefficient (Wildman–Crippen LogP) is 5.75. The van der Waals surface area contributed by atoms with Crippen molar-refractivity contribution in [1.29, 1.82) is 5.26 Å². The molecule has 1 atom stereocenters. The van der Waals surface area contributed by atoms with Gasteiger partial charge in [-0.2, -0.15) is 5.26 Å². The van der Waals surface area contributed by atoms with Gasteiger partial charge in [-0.1, -0.05) is 37.6 Å². The van der Waals surface area contributed by atoms with Crippen molar-refractivity contribution in [2.45, 2.75) is 26.4 Å². The van der Waals surface area contributed by atoms with Gasteiger partial charge in [0.15, 0.2) is 0 Å². The number of amides is 1. The Morgan fingerprint density at radius 2 is 1.91 bits per heavy atom. The number of ether oxygens (including phenoxy) is 1. The van der Waals surface area contributed by atoms with Crippen molar-refractivity contribution in [3.63, 3.8) is 0 Å². The topological polar surface area (TPSA) is 79.9 Å². The van der Waals surface area contributed by atoms with Crippen LogP contribution in [0.4, 0.5) is 0 Å². The molecule has 0 aliphatic rings. The van der Waals surface area contributed by atoms with Gasteiger partial charge in [-0.05, 0) is 60.0 Å². The maximum Gasteiger partial charge on any atom is 0.251 e. The molecule has 4 aromatic rings. The highest BCUT2D eigenvalue weighted by Crippen LogP contribution is 2.29. The van der Waals surface area contributed by atoms with Crippen molar-refractivity contribution < 1.29 is 9.53 Å². The summed E-state index contributed by atoms with van der Waals surface area (Å²) >= 11 is 6.24. The highest BCUT2D eigenvalue weighted by Gasteiger charge is 2.26. The first-order valence-electron chi connectivity index (χ1n) is 11.0. The molecule has 0 aliphatic heterocycles. The van der Waals surface area contributed by atoms with Gasteiger partial charge in [0, 0.05) is 23.2 Å². The summed E-state index contributed by atoms with van der Waals surface area (Å²) in [7, 11) is 1.63. The normalized spacial score (nSPS) is 11.9. The van der Waals surface area contributed by atoms with Crippen LogP contribution in [-0.2, 0) is 6.54 Å². The third-order valence-corrected chi connectivity index (χ3v) is 5.96. The van der Waals surface area contributed by atoms with Crippen molar-refractivity contribution in [2.24, 2.45) is 5.92 Å². The van der Waals surface area contributed by atoms with Crippen LogP contribution in [0, 0.1) is 17.2 Å². The van der Waals surface area contributed by atoms with Crippen LogP contribution >= 0.6 is 11.6 Å². The van der Waals surface area contributed by atoms with Crippen LogP contribution in [0.2, 0.25) is 5.02 Å². The molecule has 0 saturated carbocycles. The van der Waals surface area contributed by atoms with E-state index in [1.54, 1.807) is 31.4 Å². The van der Waals surface area contributed by atoms with Crippen LogP contribution in [0.1, 0.15) is 47.2 Å². The Labute approximate surface area is 203 Å². The van der Waals surface area contributed by atoms with E-state index in [1.165, 1.54) is 0 Å². The van der Waals surface area contributed by atoms with Crippen LogP contribution in [0.5, 0.6) is 5.75 Å². The highest BCUT2D eigenvalue weighted by atomic mass is 35.5. The van der Waals surface area contributed by atoms with Crippen LogP contribution < -0.4 is 10.1 Å². The molecule has 0 saturated heterocycles. The summed E-state index contributed by atoms with van der Waals surface area (Å²) < 4.78 is 7.55. The summed E-state index contributed by atoms with van der Waals surface area (Å²) in [4.78, 5) is 18.0. The first-order valence-corrected chi connectivity index (χ1v) is 11.4. The van der Waals surface area contributed by atoms with Gasteiger partial charge < -0.3 is 14.6 Å². The maximum atomic E-state index is 13.1. The Balaban J connectivity index is 1.77. The molecule has 34 heavy (non-hydrogen) atoms. The van der Waals surface area contributed by atoms with Gasteiger partial charge in [0.2, 0.25) is 0 Å².